The molecular formula is C17H19F3N4O2S2. The molecule has 2 N–H and O–H groups in total. The zero-order valence-electron chi connectivity index (χ0n) is 15.0. The summed E-state index contributed by atoms with van der Waals surface area (Å²) in [5.41, 5.74) is 0.550. The summed E-state index contributed by atoms with van der Waals surface area (Å²) in [5, 5.41) is 14.3. The lowest BCUT2D eigenvalue weighted by Crippen LogP contribution is -2.37. The summed E-state index contributed by atoms with van der Waals surface area (Å²) >= 11 is 2.59. The number of ether oxygens (including phenoxy) is 1. The largest absolute Gasteiger partial charge is 0.573 e. The molecule has 1 heterocycles. The molecule has 1 fully saturated rings. The first-order valence-corrected chi connectivity index (χ1v) is 10.4. The van der Waals surface area contributed by atoms with Gasteiger partial charge < -0.3 is 15.4 Å². The molecule has 28 heavy (non-hydrogen) atoms. The van der Waals surface area contributed by atoms with Crippen LogP contribution in [0.5, 0.6) is 5.75 Å². The second-order valence-corrected chi connectivity index (χ2v) is 8.89. The van der Waals surface area contributed by atoms with E-state index in [4.69, 9.17) is 0 Å². The number of nitrogens with zero attached hydrogens (tertiary/aromatic N) is 2. The van der Waals surface area contributed by atoms with Crippen molar-refractivity contribution in [2.75, 3.05) is 5.32 Å². The van der Waals surface area contributed by atoms with Crippen LogP contribution in [0.3, 0.4) is 0 Å². The average molecular weight is 432 g/mol. The Hall–Kier alpha value is -2.01. The Morgan fingerprint density at radius 1 is 1.25 bits per heavy atom. The highest BCUT2D eigenvalue weighted by Gasteiger charge is 2.31. The van der Waals surface area contributed by atoms with E-state index in [1.54, 1.807) is 0 Å². The lowest BCUT2D eigenvalue weighted by molar-refractivity contribution is -0.274. The number of benzene rings is 1. The van der Waals surface area contributed by atoms with Crippen molar-refractivity contribution >= 4 is 39.8 Å². The molecule has 1 saturated carbocycles. The Morgan fingerprint density at radius 2 is 1.93 bits per heavy atom. The summed E-state index contributed by atoms with van der Waals surface area (Å²) in [6.45, 7) is 1.82. The summed E-state index contributed by atoms with van der Waals surface area (Å²) in [6.07, 6.45) is -0.352. The second-order valence-electron chi connectivity index (χ2n) is 6.32. The van der Waals surface area contributed by atoms with Gasteiger partial charge in [-0.2, -0.15) is 0 Å². The molecule has 2 aromatic rings. The standard InChI is InChI=1S/C17H19F3N4O2S2/c1-10(14(25)21-11-4-2-3-5-11)27-16-24-23-15(28-16)22-12-6-8-13(9-7-12)26-17(18,19)20/h6-11H,2-5H2,1H3,(H,21,25)(H,22,23). The van der Waals surface area contributed by atoms with E-state index in [2.05, 4.69) is 25.6 Å². The lowest BCUT2D eigenvalue weighted by Gasteiger charge is -2.15. The van der Waals surface area contributed by atoms with E-state index in [1.807, 2.05) is 6.92 Å². The van der Waals surface area contributed by atoms with E-state index >= 15 is 0 Å². The number of alkyl halides is 3. The highest BCUT2D eigenvalue weighted by Crippen LogP contribution is 2.31. The smallest absolute Gasteiger partial charge is 0.406 e. The van der Waals surface area contributed by atoms with Crippen LogP contribution in [0.2, 0.25) is 0 Å². The highest BCUT2D eigenvalue weighted by atomic mass is 32.2. The number of anilines is 2. The molecule has 152 valence electrons. The minimum atomic E-state index is -4.72. The van der Waals surface area contributed by atoms with Crippen molar-refractivity contribution in [1.29, 1.82) is 0 Å². The van der Waals surface area contributed by atoms with Gasteiger partial charge in [-0.1, -0.05) is 35.9 Å². The van der Waals surface area contributed by atoms with Crippen molar-refractivity contribution in [3.63, 3.8) is 0 Å². The van der Waals surface area contributed by atoms with Crippen molar-refractivity contribution in [3.8, 4) is 5.75 Å². The van der Waals surface area contributed by atoms with Gasteiger partial charge in [-0.25, -0.2) is 0 Å². The molecule has 1 unspecified atom stereocenters. The van der Waals surface area contributed by atoms with E-state index in [9.17, 15) is 18.0 Å². The van der Waals surface area contributed by atoms with Crippen LogP contribution in [-0.4, -0.2) is 33.8 Å². The van der Waals surface area contributed by atoms with E-state index in [-0.39, 0.29) is 22.9 Å². The van der Waals surface area contributed by atoms with Crippen molar-refractivity contribution in [2.24, 2.45) is 0 Å². The Morgan fingerprint density at radius 3 is 2.57 bits per heavy atom. The highest BCUT2D eigenvalue weighted by molar-refractivity contribution is 8.02. The van der Waals surface area contributed by atoms with Crippen LogP contribution in [0.1, 0.15) is 32.6 Å². The molecule has 6 nitrogen and oxygen atoms in total. The monoisotopic (exact) mass is 432 g/mol. The maximum atomic E-state index is 12.2. The van der Waals surface area contributed by atoms with Gasteiger partial charge in [-0.15, -0.1) is 23.4 Å². The molecule has 0 radical (unpaired) electrons. The third-order valence-corrected chi connectivity index (χ3v) is 6.12. The minimum absolute atomic E-state index is 0.0122. The Bertz CT molecular complexity index is 792. The predicted molar refractivity (Wildman–Crippen MR) is 102 cm³/mol. The van der Waals surface area contributed by atoms with E-state index in [0.29, 0.717) is 15.2 Å². The van der Waals surface area contributed by atoms with Gasteiger partial charge in [0.15, 0.2) is 4.34 Å². The Labute approximate surface area is 168 Å². The van der Waals surface area contributed by atoms with Gasteiger partial charge in [0, 0.05) is 11.7 Å². The summed E-state index contributed by atoms with van der Waals surface area (Å²) in [6, 6.07) is 5.59. The fourth-order valence-electron chi connectivity index (χ4n) is 2.76. The van der Waals surface area contributed by atoms with Crippen molar-refractivity contribution in [3.05, 3.63) is 24.3 Å². The van der Waals surface area contributed by atoms with Gasteiger partial charge in [-0.3, -0.25) is 4.79 Å². The van der Waals surface area contributed by atoms with E-state index < -0.39 is 6.36 Å². The minimum Gasteiger partial charge on any atom is -0.406 e. The molecule has 0 spiro atoms. The fraction of sp³-hybridized carbons (Fsp3) is 0.471. The van der Waals surface area contributed by atoms with Gasteiger partial charge in [-0.05, 0) is 44.0 Å². The molecule has 1 aliphatic rings. The van der Waals surface area contributed by atoms with Gasteiger partial charge in [0.05, 0.1) is 5.25 Å². The topological polar surface area (TPSA) is 76.1 Å². The number of rotatable bonds is 7. The quantitative estimate of drug-likeness (QED) is 0.617. The van der Waals surface area contributed by atoms with Crippen LogP contribution in [0, 0.1) is 0 Å². The molecular weight excluding hydrogens is 413 g/mol. The number of carbonyl (C=O) groups excluding carboxylic acids is 1. The van der Waals surface area contributed by atoms with Crippen LogP contribution in [-0.2, 0) is 4.79 Å². The van der Waals surface area contributed by atoms with Crippen molar-refractivity contribution < 1.29 is 22.7 Å². The van der Waals surface area contributed by atoms with Crippen LogP contribution >= 0.6 is 23.1 Å². The average Bonchev–Trinajstić information content (AvgIpc) is 3.27. The first-order chi connectivity index (χ1) is 13.3. The molecule has 0 bridgehead atoms. The number of thioether (sulfide) groups is 1. The number of aromatic nitrogens is 2. The summed E-state index contributed by atoms with van der Waals surface area (Å²) in [7, 11) is 0. The number of amides is 1. The maximum Gasteiger partial charge on any atom is 0.573 e. The van der Waals surface area contributed by atoms with E-state index in [0.717, 1.165) is 25.7 Å². The van der Waals surface area contributed by atoms with Crippen molar-refractivity contribution in [1.82, 2.24) is 15.5 Å². The van der Waals surface area contributed by atoms with Crippen LogP contribution in [0.4, 0.5) is 24.0 Å². The normalized spacial score (nSPS) is 16.0. The lowest BCUT2D eigenvalue weighted by atomic mass is 10.2. The molecule has 1 aromatic carbocycles. The SMILES string of the molecule is CC(Sc1nnc(Nc2ccc(OC(F)(F)F)cc2)s1)C(=O)NC1CCCC1. The molecule has 1 aliphatic carbocycles. The van der Waals surface area contributed by atoms with Crippen LogP contribution in [0.25, 0.3) is 0 Å². The van der Waals surface area contributed by atoms with E-state index in [1.165, 1.54) is 47.4 Å². The first kappa shape index (κ1) is 20.7. The molecule has 1 atom stereocenters. The summed E-state index contributed by atoms with van der Waals surface area (Å²) in [4.78, 5) is 12.2. The molecule has 0 saturated heterocycles. The summed E-state index contributed by atoms with van der Waals surface area (Å²) < 4.78 is 41.0. The third-order valence-electron chi connectivity index (χ3n) is 4.09. The van der Waals surface area contributed by atoms with Gasteiger partial charge >= 0.3 is 6.36 Å². The third kappa shape index (κ3) is 6.26. The number of halogens is 3. The van der Waals surface area contributed by atoms with Gasteiger partial charge in [0.25, 0.3) is 0 Å². The fourth-order valence-corrected chi connectivity index (χ4v) is 4.69. The number of hydrogen-bond acceptors (Lipinski definition) is 7. The zero-order valence-corrected chi connectivity index (χ0v) is 16.6. The van der Waals surface area contributed by atoms with Crippen molar-refractivity contribution in [2.45, 2.75) is 54.6 Å². The van der Waals surface area contributed by atoms with Crippen LogP contribution < -0.4 is 15.4 Å². The molecule has 1 amide bonds. The maximum absolute atomic E-state index is 12.2. The number of carbonyl (C=O) groups is 1. The van der Waals surface area contributed by atoms with Crippen LogP contribution in [0.15, 0.2) is 28.6 Å². The second kappa shape index (κ2) is 8.99. The molecule has 0 aliphatic heterocycles. The first-order valence-electron chi connectivity index (χ1n) is 8.72. The summed E-state index contributed by atoms with van der Waals surface area (Å²) in [5.74, 6) is -0.310. The number of nitrogens with one attached hydrogen (secondary N) is 2. The molecule has 1 aromatic heterocycles. The molecule has 11 heteroatoms. The van der Waals surface area contributed by atoms with Gasteiger partial charge in [0.1, 0.15) is 5.75 Å². The van der Waals surface area contributed by atoms with Gasteiger partial charge in [0.2, 0.25) is 11.0 Å². The number of hydrogen-bond donors (Lipinski definition) is 2. The molecule has 3 rings (SSSR count). The Kier molecular flexibility index (Phi) is 6.65. The zero-order chi connectivity index (χ0) is 20.1. The predicted octanol–water partition coefficient (Wildman–Crippen LogP) is 4.72. The Balaban J connectivity index is 1.51.